The van der Waals surface area contributed by atoms with E-state index in [4.69, 9.17) is 4.42 Å². The van der Waals surface area contributed by atoms with Gasteiger partial charge >= 0.3 is 0 Å². The summed E-state index contributed by atoms with van der Waals surface area (Å²) >= 11 is 0. The summed E-state index contributed by atoms with van der Waals surface area (Å²) in [5, 5.41) is 0. The second kappa shape index (κ2) is 8.15. The van der Waals surface area contributed by atoms with Crippen molar-refractivity contribution >= 4 is 5.91 Å². The monoisotopic (exact) mass is 333 g/mol. The fourth-order valence-electron chi connectivity index (χ4n) is 3.78. The molecule has 5 heteroatoms. The Morgan fingerprint density at radius 3 is 2.54 bits per heavy atom. The molecule has 1 saturated carbocycles. The molecule has 2 fully saturated rings. The lowest BCUT2D eigenvalue weighted by Gasteiger charge is -2.35. The van der Waals surface area contributed by atoms with Crippen LogP contribution in [0.5, 0.6) is 0 Å². The Labute approximate surface area is 145 Å². The van der Waals surface area contributed by atoms with E-state index in [0.717, 1.165) is 50.8 Å². The number of rotatable bonds is 5. The van der Waals surface area contributed by atoms with E-state index < -0.39 is 0 Å². The molecule has 0 unspecified atom stereocenters. The summed E-state index contributed by atoms with van der Waals surface area (Å²) in [4.78, 5) is 21.2. The van der Waals surface area contributed by atoms with Crippen molar-refractivity contribution in [2.45, 2.75) is 64.8 Å². The van der Waals surface area contributed by atoms with Crippen molar-refractivity contribution in [1.29, 1.82) is 0 Å². The minimum atomic E-state index is 0.361. The summed E-state index contributed by atoms with van der Waals surface area (Å²) in [6.07, 6.45) is 9.05. The van der Waals surface area contributed by atoms with Gasteiger partial charge < -0.3 is 9.32 Å². The van der Waals surface area contributed by atoms with Crippen molar-refractivity contribution in [3.63, 3.8) is 0 Å². The lowest BCUT2D eigenvalue weighted by Crippen LogP contribution is -2.48. The van der Waals surface area contributed by atoms with Gasteiger partial charge in [0.15, 0.2) is 0 Å². The molecule has 1 aromatic rings. The van der Waals surface area contributed by atoms with Crippen LogP contribution in [0.3, 0.4) is 0 Å². The molecule has 0 N–H and O–H groups in total. The van der Waals surface area contributed by atoms with Crippen LogP contribution in [0.15, 0.2) is 10.6 Å². The normalized spacial score (nSPS) is 20.7. The molecular weight excluding hydrogens is 302 g/mol. The molecule has 3 rings (SSSR count). The van der Waals surface area contributed by atoms with E-state index in [1.54, 1.807) is 0 Å². The molecule has 134 valence electrons. The van der Waals surface area contributed by atoms with Crippen LogP contribution in [0.1, 0.15) is 69.9 Å². The Balaban J connectivity index is 1.42. The predicted octanol–water partition coefficient (Wildman–Crippen LogP) is 3.41. The number of oxazole rings is 1. The molecule has 0 spiro atoms. The van der Waals surface area contributed by atoms with Crippen molar-refractivity contribution < 1.29 is 9.21 Å². The zero-order valence-corrected chi connectivity index (χ0v) is 15.2. The highest BCUT2D eigenvalue weighted by molar-refractivity contribution is 5.76. The Kier molecular flexibility index (Phi) is 5.93. The first-order valence-electron chi connectivity index (χ1n) is 9.56. The van der Waals surface area contributed by atoms with Gasteiger partial charge in [-0.05, 0) is 18.8 Å². The number of carbonyl (C=O) groups is 1. The third-order valence-electron chi connectivity index (χ3n) is 5.41. The summed E-state index contributed by atoms with van der Waals surface area (Å²) in [5.41, 5.74) is 0. The predicted molar refractivity (Wildman–Crippen MR) is 93.6 cm³/mol. The highest BCUT2D eigenvalue weighted by atomic mass is 16.4. The highest BCUT2D eigenvalue weighted by Crippen LogP contribution is 2.27. The van der Waals surface area contributed by atoms with E-state index in [9.17, 15) is 4.79 Å². The van der Waals surface area contributed by atoms with Crippen LogP contribution < -0.4 is 0 Å². The third-order valence-corrected chi connectivity index (χ3v) is 5.41. The lowest BCUT2D eigenvalue weighted by molar-refractivity contribution is -0.134. The Morgan fingerprint density at radius 1 is 1.21 bits per heavy atom. The molecule has 0 atom stereocenters. The average Bonchev–Trinajstić information content (AvgIpc) is 3.05. The van der Waals surface area contributed by atoms with Gasteiger partial charge in [0.1, 0.15) is 5.76 Å². The first kappa shape index (κ1) is 17.5. The van der Waals surface area contributed by atoms with Gasteiger partial charge in [-0.25, -0.2) is 4.98 Å². The van der Waals surface area contributed by atoms with Crippen LogP contribution in [0.25, 0.3) is 0 Å². The van der Waals surface area contributed by atoms with Crippen molar-refractivity contribution in [1.82, 2.24) is 14.8 Å². The first-order valence-corrected chi connectivity index (χ1v) is 9.56. The van der Waals surface area contributed by atoms with Gasteiger partial charge in [-0.2, -0.15) is 0 Å². The van der Waals surface area contributed by atoms with Gasteiger partial charge in [-0.1, -0.05) is 33.1 Å². The zero-order chi connectivity index (χ0) is 16.9. The van der Waals surface area contributed by atoms with Crippen LogP contribution in [0.4, 0.5) is 0 Å². The molecule has 0 radical (unpaired) electrons. The molecule has 1 saturated heterocycles. The van der Waals surface area contributed by atoms with Gasteiger partial charge in [0, 0.05) is 38.5 Å². The minimum Gasteiger partial charge on any atom is -0.444 e. The van der Waals surface area contributed by atoms with E-state index in [0.29, 0.717) is 17.7 Å². The van der Waals surface area contributed by atoms with Gasteiger partial charge in [0.25, 0.3) is 0 Å². The number of piperazine rings is 1. The average molecular weight is 333 g/mol. The summed E-state index contributed by atoms with van der Waals surface area (Å²) in [5.74, 6) is 3.11. The maximum absolute atomic E-state index is 12.5. The molecule has 2 heterocycles. The van der Waals surface area contributed by atoms with Crippen molar-refractivity contribution in [3.05, 3.63) is 17.8 Å². The van der Waals surface area contributed by atoms with Crippen LogP contribution >= 0.6 is 0 Å². The maximum Gasteiger partial charge on any atom is 0.222 e. The fraction of sp³-hybridized carbons (Fsp3) is 0.789. The Hall–Kier alpha value is -1.36. The smallest absolute Gasteiger partial charge is 0.222 e. The molecule has 0 aromatic carbocycles. The number of aromatic nitrogens is 1. The Morgan fingerprint density at radius 2 is 1.92 bits per heavy atom. The molecule has 1 amide bonds. The molecule has 2 aliphatic rings. The fourth-order valence-corrected chi connectivity index (χ4v) is 3.78. The standard InChI is InChI=1S/C19H31N3O2/c1-15(2)17-13-20-18(24-17)14-21-8-10-22(11-9-21)19(23)12-16-6-4-3-5-7-16/h13,15-16H,3-12,14H2,1-2H3. The maximum atomic E-state index is 12.5. The van der Waals surface area contributed by atoms with Crippen molar-refractivity contribution in [2.24, 2.45) is 5.92 Å². The topological polar surface area (TPSA) is 49.6 Å². The minimum absolute atomic E-state index is 0.361. The van der Waals surface area contributed by atoms with E-state index in [2.05, 4.69) is 28.6 Å². The van der Waals surface area contributed by atoms with Crippen LogP contribution in [0.2, 0.25) is 0 Å². The van der Waals surface area contributed by atoms with Crippen LogP contribution in [-0.4, -0.2) is 46.9 Å². The number of nitrogens with zero attached hydrogens (tertiary/aromatic N) is 3. The third kappa shape index (κ3) is 4.59. The lowest BCUT2D eigenvalue weighted by atomic mass is 9.86. The number of hydrogen-bond acceptors (Lipinski definition) is 4. The van der Waals surface area contributed by atoms with E-state index in [-0.39, 0.29) is 0 Å². The molecule has 5 nitrogen and oxygen atoms in total. The Bertz CT molecular complexity index is 526. The number of amides is 1. The van der Waals surface area contributed by atoms with Gasteiger partial charge in [0.05, 0.1) is 12.7 Å². The molecule has 1 aromatic heterocycles. The van der Waals surface area contributed by atoms with Gasteiger partial charge in [0.2, 0.25) is 11.8 Å². The molecule has 1 aliphatic carbocycles. The van der Waals surface area contributed by atoms with Crippen LogP contribution in [-0.2, 0) is 11.3 Å². The summed E-state index contributed by atoms with van der Waals surface area (Å²) in [7, 11) is 0. The summed E-state index contributed by atoms with van der Waals surface area (Å²) in [6.45, 7) is 8.47. The SMILES string of the molecule is CC(C)c1cnc(CN2CCN(C(=O)CC3CCCCC3)CC2)o1. The second-order valence-electron chi connectivity index (χ2n) is 7.68. The highest BCUT2D eigenvalue weighted by Gasteiger charge is 2.25. The number of carbonyl (C=O) groups excluding carboxylic acids is 1. The van der Waals surface area contributed by atoms with Crippen molar-refractivity contribution in [2.75, 3.05) is 26.2 Å². The number of hydrogen-bond donors (Lipinski definition) is 0. The molecule has 0 bridgehead atoms. The summed E-state index contributed by atoms with van der Waals surface area (Å²) < 4.78 is 5.79. The molecular formula is C19H31N3O2. The van der Waals surface area contributed by atoms with E-state index in [1.807, 2.05) is 6.20 Å². The van der Waals surface area contributed by atoms with E-state index in [1.165, 1.54) is 32.1 Å². The molecule has 24 heavy (non-hydrogen) atoms. The quantitative estimate of drug-likeness (QED) is 0.828. The first-order chi connectivity index (χ1) is 11.6. The molecule has 1 aliphatic heterocycles. The largest absolute Gasteiger partial charge is 0.444 e. The van der Waals surface area contributed by atoms with Gasteiger partial charge in [-0.3, -0.25) is 9.69 Å². The zero-order valence-electron chi connectivity index (χ0n) is 15.2. The van der Waals surface area contributed by atoms with Crippen LogP contribution in [0, 0.1) is 5.92 Å². The van der Waals surface area contributed by atoms with Crippen molar-refractivity contribution in [3.8, 4) is 0 Å². The second-order valence-corrected chi connectivity index (χ2v) is 7.68. The van der Waals surface area contributed by atoms with E-state index >= 15 is 0 Å². The summed E-state index contributed by atoms with van der Waals surface area (Å²) in [6, 6.07) is 0. The van der Waals surface area contributed by atoms with Gasteiger partial charge in [-0.15, -0.1) is 0 Å².